The maximum absolute atomic E-state index is 5.05. The second-order valence-electron chi connectivity index (χ2n) is 15.7. The number of rotatable bonds is 24. The van der Waals surface area contributed by atoms with Crippen molar-refractivity contribution >= 4 is 68.1 Å². The van der Waals surface area contributed by atoms with Gasteiger partial charge in [0.05, 0.1) is 11.7 Å². The van der Waals surface area contributed by atoms with Gasteiger partial charge in [-0.05, 0) is 112 Å². The van der Waals surface area contributed by atoms with Crippen molar-refractivity contribution in [3.63, 3.8) is 0 Å². The minimum absolute atomic E-state index is 1.07. The first kappa shape index (κ1) is 42.4. The molecule has 7 heteroatoms. The SMILES string of the molecule is CCCCCCc1cc(-c2sc(-c3ccc(-c4sc(-c5sc(C)cc5CCCCCC)cc4CCCCCC)c4nsnc34)cc2CCCCCC)sc1C. The zero-order valence-electron chi connectivity index (χ0n) is 34.5. The number of fused-ring (bicyclic) bond motifs is 1. The van der Waals surface area contributed by atoms with Crippen LogP contribution in [0.15, 0.2) is 36.4 Å². The summed E-state index contributed by atoms with van der Waals surface area (Å²) in [5.41, 5.74) is 10.8. The molecule has 0 amide bonds. The van der Waals surface area contributed by atoms with E-state index in [1.54, 1.807) is 11.1 Å². The van der Waals surface area contributed by atoms with Gasteiger partial charge in [0.2, 0.25) is 0 Å². The van der Waals surface area contributed by atoms with E-state index in [0.717, 1.165) is 23.9 Å². The van der Waals surface area contributed by atoms with Crippen molar-refractivity contribution in [2.75, 3.05) is 0 Å². The zero-order valence-corrected chi connectivity index (χ0v) is 38.6. The van der Waals surface area contributed by atoms with Crippen LogP contribution in [0.1, 0.15) is 162 Å². The Hall–Kier alpha value is -2.16. The van der Waals surface area contributed by atoms with Crippen molar-refractivity contribution in [1.82, 2.24) is 8.75 Å². The Morgan fingerprint density at radius 2 is 0.855 bits per heavy atom. The highest BCUT2D eigenvalue weighted by Crippen LogP contribution is 2.48. The fourth-order valence-corrected chi connectivity index (χ4v) is 13.4. The molecular formula is C48H64N2S5. The van der Waals surface area contributed by atoms with Gasteiger partial charge in [0, 0.05) is 50.1 Å². The first-order chi connectivity index (χ1) is 26.9. The monoisotopic (exact) mass is 828 g/mol. The predicted octanol–water partition coefficient (Wildman–Crippen LogP) is 17.7. The van der Waals surface area contributed by atoms with Crippen molar-refractivity contribution < 1.29 is 0 Å². The number of hydrogen-bond donors (Lipinski definition) is 0. The summed E-state index contributed by atoms with van der Waals surface area (Å²) in [7, 11) is 0. The lowest BCUT2D eigenvalue weighted by atomic mass is 9.99. The van der Waals surface area contributed by atoms with E-state index >= 15 is 0 Å². The van der Waals surface area contributed by atoms with Crippen LogP contribution < -0.4 is 0 Å². The normalized spacial score (nSPS) is 11.8. The molecule has 5 heterocycles. The van der Waals surface area contributed by atoms with Crippen LogP contribution in [0.5, 0.6) is 0 Å². The fourth-order valence-electron chi connectivity index (χ4n) is 7.97. The van der Waals surface area contributed by atoms with Crippen LogP contribution in [0.4, 0.5) is 0 Å². The molecule has 0 aliphatic carbocycles. The topological polar surface area (TPSA) is 25.8 Å². The lowest BCUT2D eigenvalue weighted by molar-refractivity contribution is 0.666. The molecule has 0 aliphatic heterocycles. The van der Waals surface area contributed by atoms with Gasteiger partial charge >= 0.3 is 0 Å². The Morgan fingerprint density at radius 3 is 1.45 bits per heavy atom. The molecule has 5 aromatic heterocycles. The molecular weight excluding hydrogens is 765 g/mol. The molecule has 0 fully saturated rings. The Bertz CT molecular complexity index is 2070. The molecule has 2 nitrogen and oxygen atoms in total. The number of aromatic nitrogens is 2. The molecule has 0 spiro atoms. The van der Waals surface area contributed by atoms with E-state index in [1.807, 2.05) is 45.3 Å². The Kier molecular flexibility index (Phi) is 16.6. The quantitative estimate of drug-likeness (QED) is 0.0568. The highest BCUT2D eigenvalue weighted by molar-refractivity contribution is 7.25. The van der Waals surface area contributed by atoms with Crippen LogP contribution in [-0.2, 0) is 25.7 Å². The number of benzene rings is 1. The lowest BCUT2D eigenvalue weighted by Gasteiger charge is -2.07. The Morgan fingerprint density at radius 1 is 0.418 bits per heavy atom. The molecule has 0 saturated heterocycles. The van der Waals surface area contributed by atoms with E-state index in [4.69, 9.17) is 8.75 Å². The second-order valence-corrected chi connectivity index (χ2v) is 20.8. The molecule has 6 aromatic rings. The highest BCUT2D eigenvalue weighted by Gasteiger charge is 2.23. The second kappa shape index (κ2) is 21.6. The van der Waals surface area contributed by atoms with Gasteiger partial charge in [-0.1, -0.05) is 117 Å². The lowest BCUT2D eigenvalue weighted by Crippen LogP contribution is -1.89. The van der Waals surface area contributed by atoms with Gasteiger partial charge in [-0.2, -0.15) is 8.75 Å². The molecule has 1 aromatic carbocycles. The largest absolute Gasteiger partial charge is 0.172 e. The van der Waals surface area contributed by atoms with Crippen molar-refractivity contribution in [1.29, 1.82) is 0 Å². The van der Waals surface area contributed by atoms with Gasteiger partial charge in [-0.25, -0.2) is 0 Å². The number of hydrogen-bond acceptors (Lipinski definition) is 7. The van der Waals surface area contributed by atoms with Gasteiger partial charge in [0.25, 0.3) is 0 Å². The molecule has 0 atom stereocenters. The molecule has 0 bridgehead atoms. The molecule has 0 unspecified atom stereocenters. The van der Waals surface area contributed by atoms with E-state index in [1.165, 1.54) is 189 Å². The first-order valence-corrected chi connectivity index (χ1v) is 25.7. The van der Waals surface area contributed by atoms with Gasteiger partial charge < -0.3 is 0 Å². The van der Waals surface area contributed by atoms with Crippen LogP contribution in [-0.4, -0.2) is 8.75 Å². The van der Waals surface area contributed by atoms with Crippen molar-refractivity contribution in [2.24, 2.45) is 0 Å². The summed E-state index contributed by atoms with van der Waals surface area (Å²) in [6.45, 7) is 13.8. The van der Waals surface area contributed by atoms with Crippen LogP contribution in [0, 0.1) is 13.8 Å². The maximum Gasteiger partial charge on any atom is 0.114 e. The first-order valence-electron chi connectivity index (χ1n) is 21.7. The maximum atomic E-state index is 5.05. The molecule has 0 aliphatic rings. The molecule has 296 valence electrons. The summed E-state index contributed by atoms with van der Waals surface area (Å²) in [5.74, 6) is 0. The molecule has 0 N–H and O–H groups in total. The summed E-state index contributed by atoms with van der Waals surface area (Å²) >= 11 is 9.37. The van der Waals surface area contributed by atoms with Crippen molar-refractivity contribution in [2.45, 2.75) is 170 Å². The van der Waals surface area contributed by atoms with Crippen molar-refractivity contribution in [3.05, 3.63) is 68.4 Å². The van der Waals surface area contributed by atoms with E-state index in [-0.39, 0.29) is 0 Å². The Balaban J connectivity index is 1.36. The van der Waals surface area contributed by atoms with E-state index < -0.39 is 0 Å². The minimum Gasteiger partial charge on any atom is -0.172 e. The molecule has 0 radical (unpaired) electrons. The van der Waals surface area contributed by atoms with Crippen molar-refractivity contribution in [3.8, 4) is 40.4 Å². The van der Waals surface area contributed by atoms with Crippen LogP contribution in [0.25, 0.3) is 51.4 Å². The third-order valence-electron chi connectivity index (χ3n) is 11.1. The average molecular weight is 829 g/mol. The van der Waals surface area contributed by atoms with Gasteiger partial charge in [0.15, 0.2) is 0 Å². The van der Waals surface area contributed by atoms with Crippen LogP contribution >= 0.6 is 57.1 Å². The summed E-state index contributed by atoms with van der Waals surface area (Å²) in [5, 5.41) is 0. The standard InChI is InChI=1S/C48H64N2S5/c1-7-11-15-19-23-35-30-42(52-34(35)6)48-38(26-22-18-14-10-4)31-41(53-48)39-27-28-40(45-44(39)49-55-50-45)46-37(25-21-17-13-9-3)32-43(54-46)47-36(29-33(5)51-47)24-20-16-12-8-2/h27-32H,7-26H2,1-6H3. The van der Waals surface area contributed by atoms with Gasteiger partial charge in [-0.3, -0.25) is 0 Å². The third kappa shape index (κ3) is 10.9. The van der Waals surface area contributed by atoms with Gasteiger partial charge in [-0.15, -0.1) is 45.3 Å². The number of unbranched alkanes of at least 4 members (excludes halogenated alkanes) is 12. The van der Waals surface area contributed by atoms with Crippen LogP contribution in [0.3, 0.4) is 0 Å². The smallest absolute Gasteiger partial charge is 0.114 e. The van der Waals surface area contributed by atoms with Crippen LogP contribution in [0.2, 0.25) is 0 Å². The summed E-state index contributed by atoms with van der Waals surface area (Å²) in [4.78, 5) is 11.5. The minimum atomic E-state index is 1.07. The van der Waals surface area contributed by atoms with E-state index in [9.17, 15) is 0 Å². The van der Waals surface area contributed by atoms with Gasteiger partial charge in [0.1, 0.15) is 11.0 Å². The number of nitrogens with zero attached hydrogens (tertiary/aromatic N) is 2. The molecule has 0 saturated carbocycles. The summed E-state index contributed by atoms with van der Waals surface area (Å²) < 4.78 is 10.1. The van der Waals surface area contributed by atoms with E-state index in [0.29, 0.717) is 0 Å². The third-order valence-corrected chi connectivity index (χ3v) is 16.6. The molecule has 6 rings (SSSR count). The predicted molar refractivity (Wildman–Crippen MR) is 252 cm³/mol. The Labute approximate surface area is 353 Å². The summed E-state index contributed by atoms with van der Waals surface area (Å²) in [6.07, 6.45) is 25.4. The molecule has 55 heavy (non-hydrogen) atoms. The highest BCUT2D eigenvalue weighted by atomic mass is 32.1. The fraction of sp³-hybridized carbons (Fsp3) is 0.542. The average Bonchev–Trinajstić information content (AvgIpc) is 4.03. The number of thiophene rings is 4. The summed E-state index contributed by atoms with van der Waals surface area (Å²) in [6, 6.07) is 14.8. The number of aryl methyl sites for hydroxylation is 6. The van der Waals surface area contributed by atoms with E-state index in [2.05, 4.69) is 77.9 Å². The zero-order chi connectivity index (χ0) is 38.6.